The quantitative estimate of drug-likeness (QED) is 0.560. The molecule has 0 spiro atoms. The normalized spacial score (nSPS) is 11.5. The first-order chi connectivity index (χ1) is 5.70. The van der Waals surface area contributed by atoms with Crippen molar-refractivity contribution in [1.29, 1.82) is 0 Å². The number of aliphatic hydroxyl groups is 2. The van der Waals surface area contributed by atoms with Gasteiger partial charge in [-0.05, 0) is 12.3 Å². The van der Waals surface area contributed by atoms with Crippen LogP contribution >= 0.6 is 0 Å². The summed E-state index contributed by atoms with van der Waals surface area (Å²) >= 11 is 0. The number of hydrogen-bond donors (Lipinski definition) is 2. The van der Waals surface area contributed by atoms with Crippen molar-refractivity contribution in [2.75, 3.05) is 26.4 Å². The highest BCUT2D eigenvalue weighted by molar-refractivity contribution is 4.54. The maximum Gasteiger partial charge on any atom is 0.0488 e. The summed E-state index contributed by atoms with van der Waals surface area (Å²) in [5.41, 5.74) is 0. The predicted molar refractivity (Wildman–Crippen MR) is 47.9 cm³/mol. The Hall–Kier alpha value is -0.120. The van der Waals surface area contributed by atoms with Gasteiger partial charge >= 0.3 is 0 Å². The van der Waals surface area contributed by atoms with Crippen molar-refractivity contribution in [2.24, 2.45) is 11.8 Å². The fourth-order valence-corrected chi connectivity index (χ4v) is 0.809. The Kier molecular flexibility index (Phi) is 7.45. The molecule has 0 radical (unpaired) electrons. The zero-order valence-electron chi connectivity index (χ0n) is 7.99. The third-order valence-corrected chi connectivity index (χ3v) is 1.64. The SMILES string of the molecule is CC(C)COCCC(CO)CO. The van der Waals surface area contributed by atoms with E-state index in [1.54, 1.807) is 0 Å². The molecular weight excluding hydrogens is 156 g/mol. The van der Waals surface area contributed by atoms with E-state index in [1.165, 1.54) is 0 Å². The van der Waals surface area contributed by atoms with Gasteiger partial charge < -0.3 is 14.9 Å². The maximum atomic E-state index is 8.72. The van der Waals surface area contributed by atoms with Crippen LogP contribution in [-0.2, 0) is 4.74 Å². The van der Waals surface area contributed by atoms with Crippen molar-refractivity contribution in [1.82, 2.24) is 0 Å². The molecule has 0 aromatic rings. The van der Waals surface area contributed by atoms with Gasteiger partial charge in [0, 0.05) is 32.3 Å². The monoisotopic (exact) mass is 176 g/mol. The highest BCUT2D eigenvalue weighted by Gasteiger charge is 2.04. The molecule has 0 aromatic carbocycles. The van der Waals surface area contributed by atoms with Gasteiger partial charge in [0.25, 0.3) is 0 Å². The average molecular weight is 176 g/mol. The lowest BCUT2D eigenvalue weighted by molar-refractivity contribution is 0.0715. The Morgan fingerprint density at radius 1 is 1.17 bits per heavy atom. The first kappa shape index (κ1) is 11.9. The molecule has 0 bridgehead atoms. The topological polar surface area (TPSA) is 49.7 Å². The summed E-state index contributed by atoms with van der Waals surface area (Å²) in [6, 6.07) is 0. The van der Waals surface area contributed by atoms with Crippen LogP contribution in [0.2, 0.25) is 0 Å². The van der Waals surface area contributed by atoms with Gasteiger partial charge in [-0.3, -0.25) is 0 Å². The summed E-state index contributed by atoms with van der Waals surface area (Å²) < 4.78 is 5.31. The highest BCUT2D eigenvalue weighted by atomic mass is 16.5. The van der Waals surface area contributed by atoms with E-state index in [9.17, 15) is 0 Å². The predicted octanol–water partition coefficient (Wildman–Crippen LogP) is 0.650. The van der Waals surface area contributed by atoms with Crippen molar-refractivity contribution < 1.29 is 14.9 Å². The summed E-state index contributed by atoms with van der Waals surface area (Å²) in [5.74, 6) is 0.531. The van der Waals surface area contributed by atoms with Crippen molar-refractivity contribution in [3.8, 4) is 0 Å². The molecule has 0 heterocycles. The molecule has 0 fully saturated rings. The van der Waals surface area contributed by atoms with Crippen LogP contribution in [-0.4, -0.2) is 36.6 Å². The molecule has 0 unspecified atom stereocenters. The Morgan fingerprint density at radius 3 is 2.17 bits per heavy atom. The third-order valence-electron chi connectivity index (χ3n) is 1.64. The van der Waals surface area contributed by atoms with E-state index in [4.69, 9.17) is 14.9 Å². The van der Waals surface area contributed by atoms with E-state index in [0.717, 1.165) is 13.0 Å². The molecule has 74 valence electrons. The minimum atomic E-state index is -0.0165. The summed E-state index contributed by atoms with van der Waals surface area (Å²) in [6.45, 7) is 5.65. The van der Waals surface area contributed by atoms with Crippen LogP contribution in [0.3, 0.4) is 0 Å². The molecule has 0 aliphatic rings. The standard InChI is InChI=1S/C9H20O3/c1-8(2)7-12-4-3-9(5-10)6-11/h8-11H,3-7H2,1-2H3. The summed E-state index contributed by atoms with van der Waals surface area (Å²) in [7, 11) is 0. The van der Waals surface area contributed by atoms with E-state index >= 15 is 0 Å². The van der Waals surface area contributed by atoms with Crippen molar-refractivity contribution in [3.05, 3.63) is 0 Å². The molecule has 0 rings (SSSR count). The Bertz CT molecular complexity index is 89.8. The van der Waals surface area contributed by atoms with Crippen LogP contribution in [0.25, 0.3) is 0 Å². The summed E-state index contributed by atoms with van der Waals surface area (Å²) in [5, 5.41) is 17.4. The fraction of sp³-hybridized carbons (Fsp3) is 1.00. The smallest absolute Gasteiger partial charge is 0.0488 e. The molecule has 0 saturated carbocycles. The Morgan fingerprint density at radius 2 is 1.75 bits per heavy atom. The van der Waals surface area contributed by atoms with Gasteiger partial charge in [-0.15, -0.1) is 0 Å². The van der Waals surface area contributed by atoms with Crippen LogP contribution in [0.4, 0.5) is 0 Å². The molecule has 0 aromatic heterocycles. The van der Waals surface area contributed by atoms with Crippen LogP contribution in [0.1, 0.15) is 20.3 Å². The number of ether oxygens (including phenoxy) is 1. The van der Waals surface area contributed by atoms with Gasteiger partial charge in [0.15, 0.2) is 0 Å². The molecule has 0 aliphatic heterocycles. The van der Waals surface area contributed by atoms with Crippen LogP contribution in [0.5, 0.6) is 0 Å². The minimum Gasteiger partial charge on any atom is -0.396 e. The Labute approximate surface area is 74.4 Å². The number of aliphatic hydroxyl groups excluding tert-OH is 2. The summed E-state index contributed by atoms with van der Waals surface area (Å²) in [6.07, 6.45) is 0.736. The van der Waals surface area contributed by atoms with E-state index in [-0.39, 0.29) is 19.1 Å². The Balaban J connectivity index is 3.17. The van der Waals surface area contributed by atoms with Crippen LogP contribution < -0.4 is 0 Å². The lowest BCUT2D eigenvalue weighted by Crippen LogP contribution is -2.14. The lowest BCUT2D eigenvalue weighted by Gasteiger charge is -2.11. The molecule has 0 saturated heterocycles. The molecule has 3 heteroatoms. The van der Waals surface area contributed by atoms with E-state index in [0.29, 0.717) is 12.5 Å². The zero-order chi connectivity index (χ0) is 9.40. The largest absolute Gasteiger partial charge is 0.396 e. The van der Waals surface area contributed by atoms with Gasteiger partial charge in [0.1, 0.15) is 0 Å². The highest BCUT2D eigenvalue weighted by Crippen LogP contribution is 2.01. The van der Waals surface area contributed by atoms with Crippen molar-refractivity contribution >= 4 is 0 Å². The van der Waals surface area contributed by atoms with Crippen molar-refractivity contribution in [2.45, 2.75) is 20.3 Å². The molecule has 12 heavy (non-hydrogen) atoms. The van der Waals surface area contributed by atoms with Gasteiger partial charge in [0.2, 0.25) is 0 Å². The number of hydrogen-bond acceptors (Lipinski definition) is 3. The second-order valence-electron chi connectivity index (χ2n) is 3.49. The van der Waals surface area contributed by atoms with E-state index in [1.807, 2.05) is 0 Å². The zero-order valence-corrected chi connectivity index (χ0v) is 7.99. The minimum absolute atomic E-state index is 0.0165. The molecule has 0 amide bonds. The van der Waals surface area contributed by atoms with Crippen LogP contribution in [0, 0.1) is 11.8 Å². The second kappa shape index (κ2) is 7.53. The van der Waals surface area contributed by atoms with Gasteiger partial charge in [-0.1, -0.05) is 13.8 Å². The molecule has 0 atom stereocenters. The van der Waals surface area contributed by atoms with Crippen molar-refractivity contribution in [3.63, 3.8) is 0 Å². The summed E-state index contributed by atoms with van der Waals surface area (Å²) in [4.78, 5) is 0. The van der Waals surface area contributed by atoms with Gasteiger partial charge in [0.05, 0.1) is 0 Å². The van der Waals surface area contributed by atoms with E-state index in [2.05, 4.69) is 13.8 Å². The first-order valence-corrected chi connectivity index (χ1v) is 4.50. The van der Waals surface area contributed by atoms with Gasteiger partial charge in [-0.25, -0.2) is 0 Å². The maximum absolute atomic E-state index is 8.72. The van der Waals surface area contributed by atoms with Gasteiger partial charge in [-0.2, -0.15) is 0 Å². The molecule has 0 aliphatic carbocycles. The molecule has 2 N–H and O–H groups in total. The first-order valence-electron chi connectivity index (χ1n) is 4.50. The van der Waals surface area contributed by atoms with E-state index < -0.39 is 0 Å². The van der Waals surface area contributed by atoms with Crippen LogP contribution in [0.15, 0.2) is 0 Å². The molecular formula is C9H20O3. The third kappa shape index (κ3) is 6.58. The molecule has 3 nitrogen and oxygen atoms in total. The second-order valence-corrected chi connectivity index (χ2v) is 3.49. The fourth-order valence-electron chi connectivity index (χ4n) is 0.809. The lowest BCUT2D eigenvalue weighted by atomic mass is 10.1. The number of rotatable bonds is 7. The average Bonchev–Trinajstić information content (AvgIpc) is 2.04.